The third-order valence-electron chi connectivity index (χ3n) is 7.12. The van der Waals surface area contributed by atoms with Crippen LogP contribution >= 0.6 is 0 Å². The molecule has 2 N–H and O–H groups in total. The molecule has 2 aromatic carbocycles. The van der Waals surface area contributed by atoms with Crippen molar-refractivity contribution in [1.82, 2.24) is 15.1 Å². The maximum atomic E-state index is 13.1. The number of nitrogens with one attached hydrogen (secondary N) is 1. The second-order valence-corrected chi connectivity index (χ2v) is 9.18. The zero-order valence-electron chi connectivity index (χ0n) is 19.2. The normalized spacial score (nSPS) is 19.5. The summed E-state index contributed by atoms with van der Waals surface area (Å²) in [5.74, 6) is -1.73. The second-order valence-electron chi connectivity index (χ2n) is 9.18. The van der Waals surface area contributed by atoms with Gasteiger partial charge in [0.25, 0.3) is 0 Å². The van der Waals surface area contributed by atoms with Gasteiger partial charge in [0.1, 0.15) is 12.6 Å². The van der Waals surface area contributed by atoms with Crippen LogP contribution < -0.4 is 5.32 Å². The summed E-state index contributed by atoms with van der Waals surface area (Å²) in [6, 6.07) is 14.6. The summed E-state index contributed by atoms with van der Waals surface area (Å²) < 4.78 is 5.51. The van der Waals surface area contributed by atoms with E-state index in [1.54, 1.807) is 4.90 Å². The van der Waals surface area contributed by atoms with Crippen LogP contribution in [0.1, 0.15) is 36.3 Å². The number of carbonyl (C=O) groups is 4. The molecular weight excluding hydrogens is 450 g/mol. The van der Waals surface area contributed by atoms with E-state index in [0.29, 0.717) is 32.5 Å². The molecule has 0 saturated carbocycles. The van der Waals surface area contributed by atoms with Crippen LogP contribution in [0.15, 0.2) is 48.5 Å². The molecule has 0 spiro atoms. The number of carboxylic acids is 1. The lowest BCUT2D eigenvalue weighted by atomic mass is 9.98. The predicted octanol–water partition coefficient (Wildman–Crippen LogP) is 2.20. The van der Waals surface area contributed by atoms with Gasteiger partial charge in [-0.25, -0.2) is 4.79 Å². The van der Waals surface area contributed by atoms with Crippen molar-refractivity contribution in [2.45, 2.75) is 37.3 Å². The van der Waals surface area contributed by atoms with Crippen LogP contribution in [-0.4, -0.2) is 77.1 Å². The average molecular weight is 478 g/mol. The van der Waals surface area contributed by atoms with Crippen molar-refractivity contribution in [2.75, 3.05) is 26.2 Å². The Balaban J connectivity index is 1.24. The van der Waals surface area contributed by atoms with Crippen molar-refractivity contribution in [3.63, 3.8) is 0 Å². The Hall–Kier alpha value is -3.88. The van der Waals surface area contributed by atoms with Gasteiger partial charge in [0.05, 0.1) is 6.42 Å². The Morgan fingerprint density at radius 1 is 1.03 bits per heavy atom. The molecule has 2 saturated heterocycles. The number of fused-ring (bicyclic) bond motifs is 4. The minimum atomic E-state index is -1.24. The van der Waals surface area contributed by atoms with Gasteiger partial charge in [-0.1, -0.05) is 48.5 Å². The van der Waals surface area contributed by atoms with Crippen LogP contribution in [0, 0.1) is 0 Å². The number of hydrogen-bond donors (Lipinski definition) is 2. The molecule has 0 radical (unpaired) electrons. The first-order valence-electron chi connectivity index (χ1n) is 11.8. The third kappa shape index (κ3) is 4.45. The summed E-state index contributed by atoms with van der Waals surface area (Å²) in [7, 11) is 0. The van der Waals surface area contributed by atoms with Gasteiger partial charge < -0.3 is 25.0 Å². The van der Waals surface area contributed by atoms with Gasteiger partial charge in [-0.05, 0) is 28.7 Å². The quantitative estimate of drug-likeness (QED) is 0.659. The lowest BCUT2D eigenvalue weighted by Crippen LogP contribution is -2.58. The zero-order valence-corrected chi connectivity index (χ0v) is 19.2. The van der Waals surface area contributed by atoms with Gasteiger partial charge in [-0.2, -0.15) is 0 Å². The molecule has 0 aromatic heterocycles. The lowest BCUT2D eigenvalue weighted by Gasteiger charge is -2.38. The van der Waals surface area contributed by atoms with E-state index in [1.807, 2.05) is 48.5 Å². The summed E-state index contributed by atoms with van der Waals surface area (Å²) >= 11 is 0. The molecule has 3 amide bonds. The van der Waals surface area contributed by atoms with Crippen LogP contribution in [-0.2, 0) is 19.1 Å². The van der Waals surface area contributed by atoms with Gasteiger partial charge in [0.2, 0.25) is 11.8 Å². The molecule has 9 heteroatoms. The highest BCUT2D eigenvalue weighted by Crippen LogP contribution is 2.44. The van der Waals surface area contributed by atoms with Crippen LogP contribution in [0.4, 0.5) is 4.79 Å². The van der Waals surface area contributed by atoms with Crippen molar-refractivity contribution in [2.24, 2.45) is 0 Å². The largest absolute Gasteiger partial charge is 0.481 e. The van der Waals surface area contributed by atoms with E-state index in [1.165, 1.54) is 4.90 Å². The topological polar surface area (TPSA) is 116 Å². The summed E-state index contributed by atoms with van der Waals surface area (Å²) in [5, 5.41) is 11.8. The standard InChI is InChI=1S/C26H27N3O6/c30-23-10-9-16-14-28(11-12-29(16)23)25(33)22(13-24(31)32)27-26(34)35-15-21-19-7-3-1-5-17(19)18-6-2-4-8-20(18)21/h1-8,16,21-22H,9-15H2,(H,27,34)(H,31,32). The van der Waals surface area contributed by atoms with Gasteiger partial charge in [0, 0.05) is 38.0 Å². The first kappa shape index (κ1) is 22.9. The molecule has 2 atom stereocenters. The summed E-state index contributed by atoms with van der Waals surface area (Å²) in [4.78, 5) is 52.5. The van der Waals surface area contributed by atoms with Crippen LogP contribution in [0.3, 0.4) is 0 Å². The molecular formula is C26H27N3O6. The summed E-state index contributed by atoms with van der Waals surface area (Å²) in [6.07, 6.45) is -0.247. The number of aliphatic carboxylic acids is 1. The maximum absolute atomic E-state index is 13.1. The number of hydrogen-bond acceptors (Lipinski definition) is 5. The fourth-order valence-corrected chi connectivity index (χ4v) is 5.44. The fourth-order valence-electron chi connectivity index (χ4n) is 5.44. The molecule has 5 rings (SSSR count). The van der Waals surface area contributed by atoms with E-state index >= 15 is 0 Å². The SMILES string of the molecule is O=C(O)CC(NC(=O)OCC1c2ccccc2-c2ccccc21)C(=O)N1CCN2C(=O)CCC2C1. The number of carboxylic acid groups (broad SMARTS) is 1. The molecule has 3 aliphatic rings. The van der Waals surface area contributed by atoms with E-state index in [2.05, 4.69) is 5.32 Å². The van der Waals surface area contributed by atoms with Crippen molar-refractivity contribution >= 4 is 23.9 Å². The number of amides is 3. The molecule has 2 aliphatic heterocycles. The highest BCUT2D eigenvalue weighted by atomic mass is 16.5. The van der Waals surface area contributed by atoms with Crippen molar-refractivity contribution in [3.05, 3.63) is 59.7 Å². The Bertz CT molecular complexity index is 1140. The number of alkyl carbamates (subject to hydrolysis) is 1. The number of ether oxygens (including phenoxy) is 1. The van der Waals surface area contributed by atoms with Gasteiger partial charge in [-0.15, -0.1) is 0 Å². The van der Waals surface area contributed by atoms with Crippen molar-refractivity contribution < 1.29 is 29.0 Å². The monoisotopic (exact) mass is 477 g/mol. The van der Waals surface area contributed by atoms with E-state index in [9.17, 15) is 24.3 Å². The number of carbonyl (C=O) groups excluding carboxylic acids is 3. The van der Waals surface area contributed by atoms with E-state index in [-0.39, 0.29) is 24.5 Å². The average Bonchev–Trinajstić information content (AvgIpc) is 3.39. The molecule has 35 heavy (non-hydrogen) atoms. The fraction of sp³-hybridized carbons (Fsp3) is 0.385. The Labute approximate surface area is 202 Å². The van der Waals surface area contributed by atoms with E-state index in [4.69, 9.17) is 4.74 Å². The van der Waals surface area contributed by atoms with Gasteiger partial charge in [-0.3, -0.25) is 14.4 Å². The Morgan fingerprint density at radius 3 is 2.34 bits per heavy atom. The van der Waals surface area contributed by atoms with E-state index in [0.717, 1.165) is 22.3 Å². The van der Waals surface area contributed by atoms with Gasteiger partial charge >= 0.3 is 12.1 Å². The van der Waals surface area contributed by atoms with E-state index < -0.39 is 30.4 Å². The van der Waals surface area contributed by atoms with Crippen LogP contribution in [0.2, 0.25) is 0 Å². The molecule has 2 fully saturated rings. The maximum Gasteiger partial charge on any atom is 0.407 e. The summed E-state index contributed by atoms with van der Waals surface area (Å²) in [5.41, 5.74) is 4.31. The highest BCUT2D eigenvalue weighted by Gasteiger charge is 2.39. The zero-order chi connectivity index (χ0) is 24.5. The molecule has 2 unspecified atom stereocenters. The van der Waals surface area contributed by atoms with Crippen molar-refractivity contribution in [1.29, 1.82) is 0 Å². The molecule has 182 valence electrons. The lowest BCUT2D eigenvalue weighted by molar-refractivity contribution is -0.144. The molecule has 9 nitrogen and oxygen atoms in total. The molecule has 2 heterocycles. The minimum Gasteiger partial charge on any atom is -0.481 e. The number of piperazine rings is 1. The Morgan fingerprint density at radius 2 is 1.69 bits per heavy atom. The smallest absolute Gasteiger partial charge is 0.407 e. The number of benzene rings is 2. The minimum absolute atomic E-state index is 0.0554. The highest BCUT2D eigenvalue weighted by molar-refractivity contribution is 5.90. The number of rotatable bonds is 6. The Kier molecular flexibility index (Phi) is 6.15. The van der Waals surface area contributed by atoms with Crippen molar-refractivity contribution in [3.8, 4) is 11.1 Å². The van der Waals surface area contributed by atoms with Crippen LogP contribution in [0.25, 0.3) is 11.1 Å². The first-order valence-corrected chi connectivity index (χ1v) is 11.8. The van der Waals surface area contributed by atoms with Gasteiger partial charge in [0.15, 0.2) is 0 Å². The second kappa shape index (κ2) is 9.40. The first-order chi connectivity index (χ1) is 16.9. The molecule has 1 aliphatic carbocycles. The number of nitrogens with zero attached hydrogens (tertiary/aromatic N) is 2. The molecule has 0 bridgehead atoms. The van der Waals surface area contributed by atoms with Crippen LogP contribution in [0.5, 0.6) is 0 Å². The third-order valence-corrected chi connectivity index (χ3v) is 7.12. The predicted molar refractivity (Wildman–Crippen MR) is 126 cm³/mol. The summed E-state index contributed by atoms with van der Waals surface area (Å²) in [6.45, 7) is 1.13. The molecule has 2 aromatic rings.